The molecule has 0 unspecified atom stereocenters. The maximum atomic E-state index is 3.41. The molecule has 0 aromatic rings. The maximum Gasteiger partial charge on any atom is 0.0202 e. The van der Waals surface area contributed by atoms with Crippen LogP contribution < -0.4 is 0 Å². The first-order chi connectivity index (χ1) is 10.4. The smallest absolute Gasteiger partial charge is 0.0202 e. The van der Waals surface area contributed by atoms with Crippen molar-refractivity contribution in [2.75, 3.05) is 11.5 Å². The van der Waals surface area contributed by atoms with E-state index in [1.807, 2.05) is 0 Å². The third kappa shape index (κ3) is 12.2. The molecule has 0 aliphatic heterocycles. The van der Waals surface area contributed by atoms with Crippen LogP contribution in [0.15, 0.2) is 0 Å². The molecule has 1 fully saturated rings. The maximum absolute atomic E-state index is 3.41. The Labute approximate surface area is 138 Å². The van der Waals surface area contributed by atoms with E-state index in [1.165, 1.54) is 95.0 Å². The van der Waals surface area contributed by atoms with E-state index in [1.54, 1.807) is 0 Å². The molecule has 0 saturated heterocycles. The number of thioether (sulfide) groups is 1. The zero-order valence-corrected chi connectivity index (χ0v) is 15.1. The molecule has 1 rings (SSSR count). The van der Waals surface area contributed by atoms with Gasteiger partial charge in [-0.3, -0.25) is 0 Å². The van der Waals surface area contributed by atoms with E-state index in [-0.39, 0.29) is 0 Å². The molecule has 0 heterocycles. The van der Waals surface area contributed by atoms with Gasteiger partial charge in [-0.05, 0) is 43.6 Å². The van der Waals surface area contributed by atoms with Crippen LogP contribution in [0.5, 0.6) is 0 Å². The highest BCUT2D eigenvalue weighted by Crippen LogP contribution is 2.25. The third-order valence-electron chi connectivity index (χ3n) is 4.35. The minimum Gasteiger partial charge on any atom is -0.162 e. The fraction of sp³-hybridized carbons (Fsp3) is 0.900. The van der Waals surface area contributed by atoms with Gasteiger partial charge in [0.25, 0.3) is 0 Å². The van der Waals surface area contributed by atoms with Gasteiger partial charge in [0, 0.05) is 12.3 Å². The number of rotatable bonds is 13. The van der Waals surface area contributed by atoms with Crippen molar-refractivity contribution in [3.63, 3.8) is 0 Å². The van der Waals surface area contributed by atoms with Gasteiger partial charge in [0.2, 0.25) is 0 Å². The summed E-state index contributed by atoms with van der Waals surface area (Å²) in [5.41, 5.74) is 0. The van der Waals surface area contributed by atoms with Crippen LogP contribution in [0.2, 0.25) is 0 Å². The lowest BCUT2D eigenvalue weighted by Crippen LogP contribution is -2.07. The summed E-state index contributed by atoms with van der Waals surface area (Å²) in [5, 5.41) is 0. The van der Waals surface area contributed by atoms with Crippen LogP contribution in [0.4, 0.5) is 0 Å². The Morgan fingerprint density at radius 2 is 1.43 bits per heavy atom. The van der Waals surface area contributed by atoms with Crippen LogP contribution in [0.3, 0.4) is 0 Å². The molecule has 0 atom stereocenters. The van der Waals surface area contributed by atoms with E-state index in [0.717, 1.165) is 12.3 Å². The summed E-state index contributed by atoms with van der Waals surface area (Å²) < 4.78 is 0. The van der Waals surface area contributed by atoms with Gasteiger partial charge in [0.1, 0.15) is 0 Å². The predicted molar refractivity (Wildman–Crippen MR) is 98.9 cm³/mol. The van der Waals surface area contributed by atoms with Gasteiger partial charge in [0.05, 0.1) is 0 Å². The number of hydrogen-bond donors (Lipinski definition) is 0. The summed E-state index contributed by atoms with van der Waals surface area (Å²) in [6.07, 6.45) is 19.5. The first-order valence-corrected chi connectivity index (χ1v) is 10.6. The summed E-state index contributed by atoms with van der Waals surface area (Å²) in [6.45, 7) is 2.27. The lowest BCUT2D eigenvalue weighted by Gasteiger charge is -2.18. The number of hydrogen-bond acceptors (Lipinski definition) is 1. The monoisotopic (exact) mass is 308 g/mol. The van der Waals surface area contributed by atoms with Gasteiger partial charge < -0.3 is 0 Å². The second-order valence-electron chi connectivity index (χ2n) is 6.49. The summed E-state index contributed by atoms with van der Waals surface area (Å²) in [5.74, 6) is 10.3. The highest BCUT2D eigenvalue weighted by Gasteiger charge is 2.13. The molecule has 0 nitrogen and oxygen atoms in total. The molecule has 1 aliphatic rings. The molecule has 1 aliphatic carbocycles. The molecule has 21 heavy (non-hydrogen) atoms. The highest BCUT2D eigenvalue weighted by atomic mass is 32.2. The van der Waals surface area contributed by atoms with Crippen LogP contribution in [-0.2, 0) is 0 Å². The van der Waals surface area contributed by atoms with Gasteiger partial charge in [-0.25, -0.2) is 0 Å². The summed E-state index contributed by atoms with van der Waals surface area (Å²) >= 11 is 2.13. The minimum absolute atomic E-state index is 0.769. The van der Waals surface area contributed by atoms with Crippen LogP contribution in [0.1, 0.15) is 96.8 Å². The summed E-state index contributed by atoms with van der Waals surface area (Å²) in [4.78, 5) is 0. The normalized spacial score (nSPS) is 14.5. The van der Waals surface area contributed by atoms with E-state index in [9.17, 15) is 0 Å². The lowest BCUT2D eigenvalue weighted by atomic mass is 9.86. The van der Waals surface area contributed by atoms with Crippen molar-refractivity contribution >= 4 is 11.8 Å². The molecule has 0 aromatic heterocycles. The van der Waals surface area contributed by atoms with Crippen molar-refractivity contribution in [2.45, 2.75) is 96.8 Å². The first-order valence-electron chi connectivity index (χ1n) is 9.49. The first kappa shape index (κ1) is 19.0. The Morgan fingerprint density at radius 3 is 2.00 bits per heavy atom. The average Bonchev–Trinajstić information content (AvgIpc) is 2.45. The topological polar surface area (TPSA) is 0 Å². The zero-order chi connectivity index (χ0) is 15.0. The Balaban J connectivity index is 1.67. The van der Waals surface area contributed by atoms with Crippen molar-refractivity contribution in [3.05, 3.63) is 0 Å². The van der Waals surface area contributed by atoms with Gasteiger partial charge in [0.15, 0.2) is 0 Å². The molecule has 0 amide bonds. The standard InChI is InChI=1S/C20H36S/c1-2-18-21-19-13-11-9-7-5-3-4-6-8-10-12-15-20-16-14-17-20/h20H,2-11,13-14,16-19H2,1H3. The second kappa shape index (κ2) is 14.8. The molecule has 0 radical (unpaired) electrons. The van der Waals surface area contributed by atoms with Crippen molar-refractivity contribution in [1.82, 2.24) is 0 Å². The van der Waals surface area contributed by atoms with Gasteiger partial charge in [-0.2, -0.15) is 11.8 Å². The van der Waals surface area contributed by atoms with Crippen LogP contribution in [-0.4, -0.2) is 11.5 Å². The Morgan fingerprint density at radius 1 is 0.810 bits per heavy atom. The predicted octanol–water partition coefficient (Wildman–Crippen LogP) is 6.83. The SMILES string of the molecule is CCCSCCCCCCCCCCCC#CC1CCC1. The fourth-order valence-electron chi connectivity index (χ4n) is 2.67. The van der Waals surface area contributed by atoms with Crippen LogP contribution in [0, 0.1) is 17.8 Å². The van der Waals surface area contributed by atoms with Gasteiger partial charge >= 0.3 is 0 Å². The fourth-order valence-corrected chi connectivity index (χ4v) is 3.57. The van der Waals surface area contributed by atoms with Gasteiger partial charge in [-0.15, -0.1) is 5.92 Å². The zero-order valence-electron chi connectivity index (χ0n) is 14.3. The van der Waals surface area contributed by atoms with Crippen molar-refractivity contribution in [1.29, 1.82) is 0 Å². The molecule has 0 N–H and O–H groups in total. The molecule has 0 bridgehead atoms. The van der Waals surface area contributed by atoms with E-state index >= 15 is 0 Å². The van der Waals surface area contributed by atoms with Crippen molar-refractivity contribution in [3.8, 4) is 11.8 Å². The molecular formula is C20H36S. The average molecular weight is 309 g/mol. The van der Waals surface area contributed by atoms with Crippen molar-refractivity contribution < 1.29 is 0 Å². The number of unbranched alkanes of at least 4 members (excludes halogenated alkanes) is 9. The Hall–Kier alpha value is -0.0900. The molecule has 122 valence electrons. The second-order valence-corrected chi connectivity index (χ2v) is 7.72. The molecule has 1 saturated carbocycles. The Kier molecular flexibility index (Phi) is 13.4. The molecule has 0 spiro atoms. The minimum atomic E-state index is 0.769. The molecule has 0 aromatic carbocycles. The molecule has 1 heteroatoms. The van der Waals surface area contributed by atoms with Crippen molar-refractivity contribution in [2.24, 2.45) is 5.92 Å². The summed E-state index contributed by atoms with van der Waals surface area (Å²) in [7, 11) is 0. The van der Waals surface area contributed by atoms with Gasteiger partial charge in [-0.1, -0.05) is 64.2 Å². The highest BCUT2D eigenvalue weighted by molar-refractivity contribution is 7.99. The largest absolute Gasteiger partial charge is 0.162 e. The van der Waals surface area contributed by atoms with E-state index in [4.69, 9.17) is 0 Å². The van der Waals surface area contributed by atoms with E-state index in [0.29, 0.717) is 0 Å². The quantitative estimate of drug-likeness (QED) is 0.265. The molecular weight excluding hydrogens is 272 g/mol. The van der Waals surface area contributed by atoms with E-state index in [2.05, 4.69) is 30.5 Å². The Bertz CT molecular complexity index is 269. The van der Waals surface area contributed by atoms with Crippen LogP contribution >= 0.6 is 11.8 Å². The lowest BCUT2D eigenvalue weighted by molar-refractivity contribution is 0.401. The van der Waals surface area contributed by atoms with Crippen LogP contribution in [0.25, 0.3) is 0 Å². The van der Waals surface area contributed by atoms with E-state index < -0.39 is 0 Å². The third-order valence-corrected chi connectivity index (χ3v) is 5.62. The summed E-state index contributed by atoms with van der Waals surface area (Å²) in [6, 6.07) is 0.